The Kier molecular flexibility index (Phi) is 5.10. The fourth-order valence-electron chi connectivity index (χ4n) is 3.69. The lowest BCUT2D eigenvalue weighted by Crippen LogP contribution is -2.38. The summed E-state index contributed by atoms with van der Waals surface area (Å²) in [6.45, 7) is 5.98. The first-order valence-corrected chi connectivity index (χ1v) is 9.88. The van der Waals surface area contributed by atoms with E-state index in [-0.39, 0.29) is 11.7 Å². The molecular weight excluding hydrogens is 350 g/mol. The maximum Gasteiger partial charge on any atom is 0.264 e. The molecule has 28 heavy (non-hydrogen) atoms. The van der Waals surface area contributed by atoms with Crippen LogP contribution in [0.1, 0.15) is 38.4 Å². The maximum absolute atomic E-state index is 13.5. The Morgan fingerprint density at radius 3 is 2.71 bits per heavy atom. The first kappa shape index (κ1) is 18.2. The van der Waals surface area contributed by atoms with Crippen molar-refractivity contribution in [3.63, 3.8) is 0 Å². The zero-order valence-corrected chi connectivity index (χ0v) is 16.3. The second kappa shape index (κ2) is 7.84. The fourth-order valence-corrected chi connectivity index (χ4v) is 3.69. The summed E-state index contributed by atoms with van der Waals surface area (Å²) in [6.07, 6.45) is 9.07. The number of hydrogen-bond acceptors (Lipinski definition) is 5. The van der Waals surface area contributed by atoms with Gasteiger partial charge in [0.2, 0.25) is 5.95 Å². The predicted molar refractivity (Wildman–Crippen MR) is 115 cm³/mol. The van der Waals surface area contributed by atoms with Crippen molar-refractivity contribution in [1.29, 1.82) is 0 Å². The van der Waals surface area contributed by atoms with Gasteiger partial charge >= 0.3 is 0 Å². The molecule has 1 aliphatic rings. The van der Waals surface area contributed by atoms with Crippen LogP contribution in [0.15, 0.2) is 53.6 Å². The van der Waals surface area contributed by atoms with Crippen molar-refractivity contribution in [3.05, 3.63) is 64.7 Å². The lowest BCUT2D eigenvalue weighted by Gasteiger charge is -2.31. The third-order valence-corrected chi connectivity index (χ3v) is 4.96. The van der Waals surface area contributed by atoms with Crippen molar-refractivity contribution in [2.45, 2.75) is 32.9 Å². The largest absolute Gasteiger partial charge is 0.361 e. The van der Waals surface area contributed by atoms with E-state index in [0.717, 1.165) is 37.2 Å². The van der Waals surface area contributed by atoms with Gasteiger partial charge in [0.1, 0.15) is 6.17 Å². The highest BCUT2D eigenvalue weighted by molar-refractivity contribution is 5.78. The van der Waals surface area contributed by atoms with E-state index in [1.807, 2.05) is 24.3 Å². The molecule has 3 aromatic rings. The predicted octanol–water partition coefficient (Wildman–Crippen LogP) is 4.06. The molecule has 4 rings (SSSR count). The molecule has 2 aromatic heterocycles. The number of anilines is 2. The monoisotopic (exact) mass is 375 g/mol. The Morgan fingerprint density at radius 1 is 1.14 bits per heavy atom. The van der Waals surface area contributed by atoms with E-state index in [2.05, 4.69) is 41.2 Å². The number of rotatable bonds is 6. The molecule has 144 valence electrons. The Labute approximate surface area is 164 Å². The third kappa shape index (κ3) is 3.26. The van der Waals surface area contributed by atoms with Crippen molar-refractivity contribution in [2.24, 2.45) is 0 Å². The number of fused-ring (bicyclic) bond motifs is 2. The van der Waals surface area contributed by atoms with E-state index in [1.54, 1.807) is 23.0 Å². The standard InChI is InChI=1S/C22H25N5O/c1-3-13-26(14-4-2)22-25-19-15-23-12-11-17(19)21(28)27(22)20-10-9-16-7-5-6-8-18(16)24-20/h5-12,15,20,24H,3-4,13-14H2,1-2H3. The molecule has 3 heterocycles. The summed E-state index contributed by atoms with van der Waals surface area (Å²) < 4.78 is 1.78. The first-order chi connectivity index (χ1) is 13.7. The molecule has 0 saturated heterocycles. The Hall–Kier alpha value is -3.15. The summed E-state index contributed by atoms with van der Waals surface area (Å²) >= 11 is 0. The minimum absolute atomic E-state index is 0.0545. The van der Waals surface area contributed by atoms with Crippen LogP contribution in [0.3, 0.4) is 0 Å². The van der Waals surface area contributed by atoms with Crippen LogP contribution >= 0.6 is 0 Å². The zero-order valence-electron chi connectivity index (χ0n) is 16.3. The van der Waals surface area contributed by atoms with Gasteiger partial charge in [-0.15, -0.1) is 0 Å². The third-order valence-electron chi connectivity index (χ3n) is 4.96. The van der Waals surface area contributed by atoms with Crippen molar-refractivity contribution in [3.8, 4) is 0 Å². The van der Waals surface area contributed by atoms with Crippen LogP contribution in [0.25, 0.3) is 17.0 Å². The average Bonchev–Trinajstić information content (AvgIpc) is 2.73. The fraction of sp³-hybridized carbons (Fsp3) is 0.318. The number of pyridine rings is 1. The molecular formula is C22H25N5O. The molecule has 0 radical (unpaired) electrons. The topological polar surface area (TPSA) is 63.1 Å². The van der Waals surface area contributed by atoms with Gasteiger partial charge in [0.15, 0.2) is 0 Å². The molecule has 0 aliphatic carbocycles. The number of para-hydroxylation sites is 1. The minimum atomic E-state index is -0.293. The lowest BCUT2D eigenvalue weighted by atomic mass is 10.1. The first-order valence-electron chi connectivity index (χ1n) is 9.88. The Morgan fingerprint density at radius 2 is 1.93 bits per heavy atom. The number of benzene rings is 1. The van der Waals surface area contributed by atoms with Crippen LogP contribution in [0, 0.1) is 0 Å². The summed E-state index contributed by atoms with van der Waals surface area (Å²) in [7, 11) is 0. The molecule has 6 heteroatoms. The van der Waals surface area contributed by atoms with Crippen LogP contribution < -0.4 is 15.8 Å². The normalized spacial score (nSPS) is 15.3. The van der Waals surface area contributed by atoms with E-state index < -0.39 is 0 Å². The molecule has 1 atom stereocenters. The van der Waals surface area contributed by atoms with E-state index in [4.69, 9.17) is 4.98 Å². The second-order valence-electron chi connectivity index (χ2n) is 7.00. The van der Waals surface area contributed by atoms with Crippen LogP contribution in [0.4, 0.5) is 11.6 Å². The molecule has 1 aliphatic heterocycles. The lowest BCUT2D eigenvalue weighted by molar-refractivity contribution is 0.605. The molecule has 1 aromatic carbocycles. The summed E-state index contributed by atoms with van der Waals surface area (Å²) in [5.41, 5.74) is 2.71. The molecule has 0 amide bonds. The smallest absolute Gasteiger partial charge is 0.264 e. The van der Waals surface area contributed by atoms with Gasteiger partial charge in [0.25, 0.3) is 5.56 Å². The summed E-state index contributed by atoms with van der Waals surface area (Å²) in [4.78, 5) is 24.7. The van der Waals surface area contributed by atoms with E-state index >= 15 is 0 Å². The molecule has 0 bridgehead atoms. The maximum atomic E-state index is 13.5. The van der Waals surface area contributed by atoms with Gasteiger partial charge in [-0.2, -0.15) is 0 Å². The number of nitrogens with one attached hydrogen (secondary N) is 1. The highest BCUT2D eigenvalue weighted by atomic mass is 16.1. The van der Waals surface area contributed by atoms with Crippen molar-refractivity contribution >= 4 is 28.6 Å². The molecule has 1 N–H and O–H groups in total. The van der Waals surface area contributed by atoms with Crippen molar-refractivity contribution in [2.75, 3.05) is 23.3 Å². The van der Waals surface area contributed by atoms with E-state index in [0.29, 0.717) is 16.9 Å². The van der Waals surface area contributed by atoms with Gasteiger partial charge < -0.3 is 10.2 Å². The van der Waals surface area contributed by atoms with Crippen LogP contribution in [-0.4, -0.2) is 27.6 Å². The molecule has 0 fully saturated rings. The minimum Gasteiger partial charge on any atom is -0.361 e. The Balaban J connectivity index is 1.90. The van der Waals surface area contributed by atoms with Crippen molar-refractivity contribution in [1.82, 2.24) is 14.5 Å². The zero-order chi connectivity index (χ0) is 19.5. The van der Waals surface area contributed by atoms with E-state index in [1.165, 1.54) is 0 Å². The average molecular weight is 375 g/mol. The number of hydrogen-bond donors (Lipinski definition) is 1. The number of nitrogens with zero attached hydrogens (tertiary/aromatic N) is 4. The quantitative estimate of drug-likeness (QED) is 0.704. The molecule has 6 nitrogen and oxygen atoms in total. The molecule has 0 saturated carbocycles. The highest BCUT2D eigenvalue weighted by Gasteiger charge is 2.23. The molecule has 1 unspecified atom stereocenters. The van der Waals surface area contributed by atoms with Gasteiger partial charge in [-0.3, -0.25) is 14.3 Å². The van der Waals surface area contributed by atoms with Gasteiger partial charge in [0.05, 0.1) is 17.1 Å². The van der Waals surface area contributed by atoms with Crippen molar-refractivity contribution < 1.29 is 0 Å². The Bertz CT molecular complexity index is 1070. The molecule has 0 spiro atoms. The SMILES string of the molecule is CCCN(CCC)c1nc2cnccc2c(=O)n1C1C=Cc2ccccc2N1. The van der Waals surface area contributed by atoms with Gasteiger partial charge in [0, 0.05) is 25.0 Å². The summed E-state index contributed by atoms with van der Waals surface area (Å²) in [5, 5.41) is 4.08. The van der Waals surface area contributed by atoms with E-state index in [9.17, 15) is 4.79 Å². The van der Waals surface area contributed by atoms with Crippen LogP contribution in [0.5, 0.6) is 0 Å². The van der Waals surface area contributed by atoms with Crippen LogP contribution in [-0.2, 0) is 0 Å². The van der Waals surface area contributed by atoms with Gasteiger partial charge in [-0.1, -0.05) is 38.1 Å². The van der Waals surface area contributed by atoms with Gasteiger partial charge in [-0.25, -0.2) is 4.98 Å². The summed E-state index contributed by atoms with van der Waals surface area (Å²) in [5.74, 6) is 0.690. The van der Waals surface area contributed by atoms with Gasteiger partial charge in [-0.05, 0) is 36.6 Å². The summed E-state index contributed by atoms with van der Waals surface area (Å²) in [6, 6.07) is 9.85. The second-order valence-corrected chi connectivity index (χ2v) is 7.00. The van der Waals surface area contributed by atoms with Crippen LogP contribution in [0.2, 0.25) is 0 Å². The number of aromatic nitrogens is 3. The highest BCUT2D eigenvalue weighted by Crippen LogP contribution is 2.29.